The number of carbonyl (C=O) groups excluding carboxylic acids is 2. The van der Waals surface area contributed by atoms with Crippen LogP contribution in [-0.2, 0) is 28.3 Å². The number of thioether (sulfide) groups is 1. The first-order chi connectivity index (χ1) is 17.7. The van der Waals surface area contributed by atoms with Gasteiger partial charge in [0.25, 0.3) is 0 Å². The SMILES string of the molecule is CC(C)CNC(=O)[C@H](Cc1ccccc1)N(Cc1ccc(Cl)cc1)C(=O)CSCc1c(F)cccc1Cl. The van der Waals surface area contributed by atoms with Gasteiger partial charge in [0.15, 0.2) is 0 Å². The number of nitrogens with zero attached hydrogens (tertiary/aromatic N) is 1. The quantitative estimate of drug-likeness (QED) is 0.265. The van der Waals surface area contributed by atoms with E-state index in [1.165, 1.54) is 17.8 Å². The Morgan fingerprint density at radius 3 is 2.30 bits per heavy atom. The molecule has 0 spiro atoms. The molecule has 0 heterocycles. The maximum Gasteiger partial charge on any atom is 0.243 e. The number of hydrogen-bond acceptors (Lipinski definition) is 3. The van der Waals surface area contributed by atoms with Gasteiger partial charge in [0.1, 0.15) is 11.9 Å². The van der Waals surface area contributed by atoms with Crippen LogP contribution in [0.3, 0.4) is 0 Å². The van der Waals surface area contributed by atoms with Gasteiger partial charge in [-0.1, -0.05) is 85.6 Å². The molecule has 2 amide bonds. The Labute approximate surface area is 232 Å². The first kappa shape index (κ1) is 29.0. The Balaban J connectivity index is 1.85. The molecule has 37 heavy (non-hydrogen) atoms. The van der Waals surface area contributed by atoms with Crippen LogP contribution in [0.15, 0.2) is 72.8 Å². The number of nitrogens with one attached hydrogen (secondary N) is 1. The van der Waals surface area contributed by atoms with Gasteiger partial charge in [-0.25, -0.2) is 4.39 Å². The van der Waals surface area contributed by atoms with E-state index >= 15 is 0 Å². The monoisotopic (exact) mass is 560 g/mol. The number of halogens is 3. The van der Waals surface area contributed by atoms with Gasteiger partial charge in [0, 0.05) is 40.9 Å². The lowest BCUT2D eigenvalue weighted by Gasteiger charge is -2.32. The largest absolute Gasteiger partial charge is 0.354 e. The van der Waals surface area contributed by atoms with E-state index in [0.717, 1.165) is 11.1 Å². The van der Waals surface area contributed by atoms with Crippen molar-refractivity contribution in [1.29, 1.82) is 0 Å². The second-order valence-corrected chi connectivity index (χ2v) is 11.0. The molecule has 1 N–H and O–H groups in total. The van der Waals surface area contributed by atoms with Crippen molar-refractivity contribution in [3.05, 3.63) is 105 Å². The van der Waals surface area contributed by atoms with Crippen molar-refractivity contribution in [2.75, 3.05) is 12.3 Å². The topological polar surface area (TPSA) is 49.4 Å². The van der Waals surface area contributed by atoms with Crippen molar-refractivity contribution in [2.45, 2.75) is 38.6 Å². The van der Waals surface area contributed by atoms with Crippen molar-refractivity contribution in [2.24, 2.45) is 5.92 Å². The Morgan fingerprint density at radius 2 is 1.65 bits per heavy atom. The molecule has 0 aliphatic rings. The smallest absolute Gasteiger partial charge is 0.243 e. The van der Waals surface area contributed by atoms with Crippen LogP contribution in [0.2, 0.25) is 10.0 Å². The molecule has 0 radical (unpaired) electrons. The summed E-state index contributed by atoms with van der Waals surface area (Å²) in [5.74, 6) is -0.242. The van der Waals surface area contributed by atoms with Crippen molar-refractivity contribution < 1.29 is 14.0 Å². The van der Waals surface area contributed by atoms with Crippen molar-refractivity contribution in [1.82, 2.24) is 10.2 Å². The summed E-state index contributed by atoms with van der Waals surface area (Å²) in [4.78, 5) is 28.7. The molecular weight excluding hydrogens is 530 g/mol. The molecule has 0 aliphatic heterocycles. The normalized spacial score (nSPS) is 11.8. The fraction of sp³-hybridized carbons (Fsp3) is 0.310. The third-order valence-electron chi connectivity index (χ3n) is 5.76. The van der Waals surface area contributed by atoms with Crippen molar-refractivity contribution in [3.8, 4) is 0 Å². The van der Waals surface area contributed by atoms with Gasteiger partial charge >= 0.3 is 0 Å². The summed E-state index contributed by atoms with van der Waals surface area (Å²) in [6.07, 6.45) is 0.369. The summed E-state index contributed by atoms with van der Waals surface area (Å²) in [5.41, 5.74) is 2.17. The summed E-state index contributed by atoms with van der Waals surface area (Å²) in [6, 6.07) is 20.7. The highest BCUT2D eigenvalue weighted by Crippen LogP contribution is 2.25. The molecule has 3 aromatic rings. The molecule has 1 atom stereocenters. The van der Waals surface area contributed by atoms with Crippen LogP contribution < -0.4 is 5.32 Å². The van der Waals surface area contributed by atoms with Crippen molar-refractivity contribution >= 4 is 46.8 Å². The Hall–Kier alpha value is -2.54. The lowest BCUT2D eigenvalue weighted by atomic mass is 10.0. The number of benzene rings is 3. The lowest BCUT2D eigenvalue weighted by molar-refractivity contribution is -0.139. The maximum atomic E-state index is 14.2. The lowest BCUT2D eigenvalue weighted by Crippen LogP contribution is -2.51. The predicted molar refractivity (Wildman–Crippen MR) is 151 cm³/mol. The summed E-state index contributed by atoms with van der Waals surface area (Å²) >= 11 is 13.5. The molecule has 0 saturated carbocycles. The zero-order valence-corrected chi connectivity index (χ0v) is 23.3. The summed E-state index contributed by atoms with van der Waals surface area (Å²) in [7, 11) is 0. The summed E-state index contributed by atoms with van der Waals surface area (Å²) in [5, 5.41) is 3.92. The van der Waals surface area contributed by atoms with Gasteiger partial charge in [-0.05, 0) is 41.3 Å². The zero-order valence-electron chi connectivity index (χ0n) is 20.9. The molecule has 3 aromatic carbocycles. The molecule has 0 bridgehead atoms. The molecule has 4 nitrogen and oxygen atoms in total. The molecule has 0 aliphatic carbocycles. The van der Waals surface area contributed by atoms with Crippen LogP contribution in [0.4, 0.5) is 4.39 Å². The summed E-state index contributed by atoms with van der Waals surface area (Å²) < 4.78 is 14.2. The minimum absolute atomic E-state index is 0.0704. The van der Waals surface area contributed by atoms with Gasteiger partial charge in [0.05, 0.1) is 5.75 Å². The number of rotatable bonds is 12. The highest BCUT2D eigenvalue weighted by molar-refractivity contribution is 7.99. The standard InChI is InChI=1S/C29H31Cl2FN2O2S/c1-20(2)16-33-29(36)27(15-21-7-4-3-5-8-21)34(17-22-11-13-23(30)14-12-22)28(35)19-37-18-24-25(31)9-6-10-26(24)32/h3-14,20,27H,15-19H2,1-2H3,(H,33,36)/t27-/m0/s1. The average Bonchev–Trinajstić information content (AvgIpc) is 2.88. The van der Waals surface area contributed by atoms with E-state index in [9.17, 15) is 14.0 Å². The van der Waals surface area contributed by atoms with E-state index in [1.807, 2.05) is 56.3 Å². The first-order valence-corrected chi connectivity index (χ1v) is 14.0. The van der Waals surface area contributed by atoms with Crippen LogP contribution in [0.25, 0.3) is 0 Å². The Morgan fingerprint density at radius 1 is 0.946 bits per heavy atom. The second kappa shape index (κ2) is 14.4. The number of hydrogen-bond donors (Lipinski definition) is 1. The van der Waals surface area contributed by atoms with Gasteiger partial charge < -0.3 is 10.2 Å². The number of amides is 2. The van der Waals surface area contributed by atoms with Crippen LogP contribution in [0.5, 0.6) is 0 Å². The van der Waals surface area contributed by atoms with Gasteiger partial charge in [-0.15, -0.1) is 11.8 Å². The second-order valence-electron chi connectivity index (χ2n) is 9.19. The maximum absolute atomic E-state index is 14.2. The minimum atomic E-state index is -0.720. The van der Waals surface area contributed by atoms with E-state index in [4.69, 9.17) is 23.2 Å². The average molecular weight is 562 g/mol. The van der Waals surface area contributed by atoms with Gasteiger partial charge in [-0.2, -0.15) is 0 Å². The first-order valence-electron chi connectivity index (χ1n) is 12.1. The van der Waals surface area contributed by atoms with Crippen LogP contribution in [0, 0.1) is 11.7 Å². The predicted octanol–water partition coefficient (Wildman–Crippen LogP) is 6.78. The van der Waals surface area contributed by atoms with Crippen LogP contribution >= 0.6 is 35.0 Å². The molecule has 0 aromatic heterocycles. The fourth-order valence-corrected chi connectivity index (χ4v) is 5.13. The van der Waals surface area contributed by atoms with E-state index in [2.05, 4.69) is 5.32 Å². The highest BCUT2D eigenvalue weighted by Gasteiger charge is 2.30. The Kier molecular flexibility index (Phi) is 11.3. The third-order valence-corrected chi connectivity index (χ3v) is 7.31. The molecule has 0 saturated heterocycles. The Bertz CT molecular complexity index is 1160. The molecule has 3 rings (SSSR count). The molecule has 0 unspecified atom stereocenters. The van der Waals surface area contributed by atoms with Gasteiger partial charge in [0.2, 0.25) is 11.8 Å². The number of carbonyl (C=O) groups is 2. The van der Waals surface area contributed by atoms with Gasteiger partial charge in [-0.3, -0.25) is 9.59 Å². The molecule has 8 heteroatoms. The van der Waals surface area contributed by atoms with E-state index < -0.39 is 11.9 Å². The highest BCUT2D eigenvalue weighted by atomic mass is 35.5. The minimum Gasteiger partial charge on any atom is -0.354 e. The van der Waals surface area contributed by atoms with E-state index in [1.54, 1.807) is 29.2 Å². The molecule has 196 valence electrons. The van der Waals surface area contributed by atoms with Crippen LogP contribution in [0.1, 0.15) is 30.5 Å². The summed E-state index contributed by atoms with van der Waals surface area (Å²) in [6.45, 7) is 4.79. The molecule has 0 fully saturated rings. The zero-order chi connectivity index (χ0) is 26.8. The third kappa shape index (κ3) is 9.06. The van der Waals surface area contributed by atoms with E-state index in [0.29, 0.717) is 28.6 Å². The fourth-order valence-electron chi connectivity index (χ4n) is 3.76. The van der Waals surface area contributed by atoms with Crippen LogP contribution in [-0.4, -0.2) is 35.1 Å². The van der Waals surface area contributed by atoms with E-state index in [-0.39, 0.29) is 35.8 Å². The van der Waals surface area contributed by atoms with Crippen molar-refractivity contribution in [3.63, 3.8) is 0 Å². The molecular formula is C29H31Cl2FN2O2S.